The van der Waals surface area contributed by atoms with Gasteiger partial charge in [0.15, 0.2) is 5.65 Å². The monoisotopic (exact) mass is 842 g/mol. The van der Waals surface area contributed by atoms with Gasteiger partial charge < -0.3 is 0 Å². The molecular weight excluding hydrogens is 805 g/mol. The van der Waals surface area contributed by atoms with Crippen LogP contribution in [-0.4, -0.2) is 9.38 Å². The third-order valence-corrected chi connectivity index (χ3v) is 15.2. The quantitative estimate of drug-likeness (QED) is 0.169. The summed E-state index contributed by atoms with van der Waals surface area (Å²) in [6, 6.07) is 85.1. The molecule has 0 bridgehead atoms. The van der Waals surface area contributed by atoms with Crippen LogP contribution in [0.15, 0.2) is 231 Å². The van der Waals surface area contributed by atoms with Gasteiger partial charge in [-0.1, -0.05) is 206 Å². The highest BCUT2D eigenvalue weighted by Gasteiger charge is 2.46. The number of rotatable bonds is 5. The van der Waals surface area contributed by atoms with Crippen molar-refractivity contribution in [2.75, 3.05) is 0 Å². The van der Waals surface area contributed by atoms with Gasteiger partial charge in [-0.3, -0.25) is 4.40 Å². The van der Waals surface area contributed by atoms with Crippen LogP contribution in [0.3, 0.4) is 0 Å². The standard InChI is InChI=1S/C62H38N2S/c1-3-15-46(16-4-1)62(47-17-5-2-6-18-47)53-22-12-11-21-50(53)51-34-31-45(37-54(51)62)41-25-23-39(24-26-41)40-27-29-44(30-28-40)56-38-52-58-48-19-9-7-13-42(48)33-36-57(58)65-60(52)61-63-59-49-20-10-8-14-43(49)32-35-55(59)64(56)61/h1-38H. The second-order valence-corrected chi connectivity index (χ2v) is 18.5. The zero-order chi connectivity index (χ0) is 42.6. The second kappa shape index (κ2) is 13.9. The van der Waals surface area contributed by atoms with Crippen LogP contribution in [0.25, 0.3) is 103 Å². The van der Waals surface area contributed by atoms with Crippen LogP contribution in [0.5, 0.6) is 0 Å². The van der Waals surface area contributed by atoms with Crippen molar-refractivity contribution >= 4 is 69.7 Å². The first-order valence-electron chi connectivity index (χ1n) is 22.4. The average molecular weight is 843 g/mol. The number of benzene rings is 10. The molecule has 0 unspecified atom stereocenters. The number of nitrogens with zero attached hydrogens (tertiary/aromatic N) is 2. The van der Waals surface area contributed by atoms with Crippen molar-refractivity contribution in [1.29, 1.82) is 0 Å². The molecule has 1 aliphatic carbocycles. The molecule has 14 rings (SSSR count). The third kappa shape index (κ3) is 5.25. The molecule has 0 N–H and O–H groups in total. The molecule has 0 fully saturated rings. The fourth-order valence-electron chi connectivity index (χ4n) is 11.1. The first-order chi connectivity index (χ1) is 32.2. The molecule has 0 atom stereocenters. The Labute approximate surface area is 380 Å². The molecule has 13 aromatic rings. The van der Waals surface area contributed by atoms with E-state index in [9.17, 15) is 0 Å². The highest BCUT2D eigenvalue weighted by atomic mass is 32.1. The minimum absolute atomic E-state index is 0.427. The Morgan fingerprint density at radius 1 is 0.400 bits per heavy atom. The maximum Gasteiger partial charge on any atom is 0.156 e. The van der Waals surface area contributed by atoms with Gasteiger partial charge in [0.1, 0.15) is 0 Å². The normalized spacial score (nSPS) is 13.0. The SMILES string of the molecule is c1ccc(C2(c3ccccc3)c3ccccc3-c3ccc(-c4ccc(-c5ccc(-c6cc7c(sc8ccc9ccccc9c87)c7nc8c9ccccc9ccc8n67)cc5)cc4)cc32)cc1. The minimum Gasteiger partial charge on any atom is -0.291 e. The van der Waals surface area contributed by atoms with Gasteiger partial charge in [0.05, 0.1) is 26.8 Å². The zero-order valence-electron chi connectivity index (χ0n) is 35.2. The van der Waals surface area contributed by atoms with Crippen molar-refractivity contribution in [3.8, 4) is 44.6 Å². The van der Waals surface area contributed by atoms with E-state index in [4.69, 9.17) is 4.98 Å². The lowest BCUT2D eigenvalue weighted by Crippen LogP contribution is -2.28. The van der Waals surface area contributed by atoms with Gasteiger partial charge in [-0.15, -0.1) is 11.3 Å². The molecule has 3 aromatic heterocycles. The van der Waals surface area contributed by atoms with Crippen molar-refractivity contribution in [2.24, 2.45) is 0 Å². The second-order valence-electron chi connectivity index (χ2n) is 17.4. The fourth-order valence-corrected chi connectivity index (χ4v) is 12.3. The lowest BCUT2D eigenvalue weighted by Gasteiger charge is -2.34. The molecule has 0 amide bonds. The molecule has 0 saturated carbocycles. The topological polar surface area (TPSA) is 17.3 Å². The predicted octanol–water partition coefficient (Wildman–Crippen LogP) is 16.5. The summed E-state index contributed by atoms with van der Waals surface area (Å²) < 4.78 is 4.89. The summed E-state index contributed by atoms with van der Waals surface area (Å²) in [7, 11) is 0. The Morgan fingerprint density at radius 3 is 1.68 bits per heavy atom. The molecule has 1 aliphatic rings. The number of hydrogen-bond donors (Lipinski definition) is 0. The average Bonchev–Trinajstić information content (AvgIpc) is 4.06. The van der Waals surface area contributed by atoms with Crippen LogP contribution < -0.4 is 0 Å². The van der Waals surface area contributed by atoms with E-state index in [2.05, 4.69) is 235 Å². The van der Waals surface area contributed by atoms with Crippen LogP contribution in [0.1, 0.15) is 22.3 Å². The molecule has 3 heteroatoms. The summed E-state index contributed by atoms with van der Waals surface area (Å²) in [4.78, 5) is 5.47. The van der Waals surface area contributed by atoms with Crippen molar-refractivity contribution in [3.63, 3.8) is 0 Å². The van der Waals surface area contributed by atoms with Crippen molar-refractivity contribution < 1.29 is 0 Å². The number of pyridine rings is 1. The summed E-state index contributed by atoms with van der Waals surface area (Å²) in [5.41, 5.74) is 17.6. The highest BCUT2D eigenvalue weighted by molar-refractivity contribution is 7.26. The van der Waals surface area contributed by atoms with Crippen molar-refractivity contribution in [2.45, 2.75) is 5.41 Å². The Hall–Kier alpha value is -8.11. The van der Waals surface area contributed by atoms with Crippen molar-refractivity contribution in [3.05, 3.63) is 253 Å². The Kier molecular flexibility index (Phi) is 7.80. The number of fused-ring (bicyclic) bond motifs is 14. The maximum atomic E-state index is 5.47. The summed E-state index contributed by atoms with van der Waals surface area (Å²) >= 11 is 1.85. The van der Waals surface area contributed by atoms with Gasteiger partial charge >= 0.3 is 0 Å². The largest absolute Gasteiger partial charge is 0.291 e. The molecule has 0 saturated heterocycles. The molecule has 2 nitrogen and oxygen atoms in total. The first-order valence-corrected chi connectivity index (χ1v) is 23.2. The molecule has 0 spiro atoms. The van der Waals surface area contributed by atoms with Crippen LogP contribution in [0.2, 0.25) is 0 Å². The molecule has 10 aromatic carbocycles. The number of aromatic nitrogens is 2. The Balaban J connectivity index is 0.881. The molecule has 65 heavy (non-hydrogen) atoms. The molecule has 0 aliphatic heterocycles. The summed E-state index contributed by atoms with van der Waals surface area (Å²) in [5.74, 6) is 0. The third-order valence-electron chi connectivity index (χ3n) is 14.1. The molecular formula is C62H38N2S. The van der Waals surface area contributed by atoms with E-state index in [1.54, 1.807) is 0 Å². The predicted molar refractivity (Wildman–Crippen MR) is 274 cm³/mol. The van der Waals surface area contributed by atoms with Gasteiger partial charge in [-0.2, -0.15) is 0 Å². The van der Waals surface area contributed by atoms with Crippen LogP contribution in [0, 0.1) is 0 Å². The Morgan fingerprint density at radius 2 is 0.954 bits per heavy atom. The number of imidazole rings is 1. The number of hydrogen-bond acceptors (Lipinski definition) is 2. The molecule has 0 radical (unpaired) electrons. The van der Waals surface area contributed by atoms with E-state index in [-0.39, 0.29) is 0 Å². The molecule has 3 heterocycles. The minimum atomic E-state index is -0.427. The van der Waals surface area contributed by atoms with Gasteiger partial charge in [0.25, 0.3) is 0 Å². The van der Waals surface area contributed by atoms with E-state index in [0.29, 0.717) is 0 Å². The first kappa shape index (κ1) is 36.4. The van der Waals surface area contributed by atoms with Gasteiger partial charge in [-0.05, 0) is 102 Å². The van der Waals surface area contributed by atoms with Crippen LogP contribution in [0.4, 0.5) is 0 Å². The van der Waals surface area contributed by atoms with Crippen LogP contribution in [-0.2, 0) is 5.41 Å². The number of thiophene rings is 1. The van der Waals surface area contributed by atoms with Gasteiger partial charge in [-0.25, -0.2) is 4.98 Å². The van der Waals surface area contributed by atoms with E-state index in [1.807, 2.05) is 11.3 Å². The summed E-state index contributed by atoms with van der Waals surface area (Å²) in [6.45, 7) is 0. The smallest absolute Gasteiger partial charge is 0.156 e. The summed E-state index contributed by atoms with van der Waals surface area (Å²) in [5, 5.41) is 7.47. The van der Waals surface area contributed by atoms with Gasteiger partial charge in [0.2, 0.25) is 0 Å². The lowest BCUT2D eigenvalue weighted by atomic mass is 9.67. The Bertz CT molecular complexity index is 3990. The lowest BCUT2D eigenvalue weighted by molar-refractivity contribution is 0.769. The molecule has 302 valence electrons. The maximum absolute atomic E-state index is 5.47. The van der Waals surface area contributed by atoms with E-state index < -0.39 is 5.41 Å². The zero-order valence-corrected chi connectivity index (χ0v) is 36.1. The highest BCUT2D eigenvalue weighted by Crippen LogP contribution is 2.56. The van der Waals surface area contributed by atoms with E-state index in [1.165, 1.54) is 97.4 Å². The van der Waals surface area contributed by atoms with E-state index in [0.717, 1.165) is 27.9 Å². The van der Waals surface area contributed by atoms with Gasteiger partial charge in [0, 0.05) is 20.9 Å². The van der Waals surface area contributed by atoms with Crippen LogP contribution >= 0.6 is 11.3 Å². The van der Waals surface area contributed by atoms with E-state index >= 15 is 0 Å². The van der Waals surface area contributed by atoms with Crippen molar-refractivity contribution in [1.82, 2.24) is 9.38 Å². The fraction of sp³-hybridized carbons (Fsp3) is 0.0161. The summed E-state index contributed by atoms with van der Waals surface area (Å²) in [6.07, 6.45) is 0.